The van der Waals surface area contributed by atoms with Gasteiger partial charge in [-0.1, -0.05) is 54.6 Å². The summed E-state index contributed by atoms with van der Waals surface area (Å²) in [6.45, 7) is 5.27. The number of hydrogen-bond donors (Lipinski definition) is 2. The third-order valence-corrected chi connectivity index (χ3v) is 6.15. The second kappa shape index (κ2) is 8.76. The van der Waals surface area contributed by atoms with Crippen molar-refractivity contribution in [2.45, 2.75) is 26.7 Å². The van der Waals surface area contributed by atoms with Crippen LogP contribution in [0.3, 0.4) is 0 Å². The molecule has 1 aliphatic heterocycles. The van der Waals surface area contributed by atoms with Gasteiger partial charge >= 0.3 is 0 Å². The van der Waals surface area contributed by atoms with Crippen LogP contribution in [0.2, 0.25) is 0 Å². The fourth-order valence-corrected chi connectivity index (χ4v) is 4.48. The van der Waals surface area contributed by atoms with Gasteiger partial charge in [0.1, 0.15) is 0 Å². The second-order valence-corrected chi connectivity index (χ2v) is 8.23. The number of amides is 2. The fraction of sp³-hybridized carbons (Fsp3) is 0.320. The van der Waals surface area contributed by atoms with Crippen LogP contribution < -0.4 is 5.32 Å². The largest absolute Gasteiger partial charge is 0.356 e. The number of nitrogens with zero attached hydrogens (tertiary/aromatic N) is 2. The average molecular weight is 417 g/mol. The lowest BCUT2D eigenvalue weighted by Crippen LogP contribution is -2.45. The number of aromatic amines is 1. The topological polar surface area (TPSA) is 78.1 Å². The summed E-state index contributed by atoms with van der Waals surface area (Å²) in [5, 5.41) is 9.82. The molecule has 6 nitrogen and oxygen atoms in total. The number of carbonyl (C=O) groups excluding carboxylic acids is 2. The van der Waals surface area contributed by atoms with Crippen LogP contribution >= 0.6 is 0 Å². The van der Waals surface area contributed by atoms with Crippen molar-refractivity contribution in [2.75, 3.05) is 19.6 Å². The maximum atomic E-state index is 13.3. The number of likely N-dealkylation sites (tertiary alicyclic amines) is 1. The fourth-order valence-electron chi connectivity index (χ4n) is 4.48. The smallest absolute Gasteiger partial charge is 0.257 e. The lowest BCUT2D eigenvalue weighted by Gasteiger charge is -2.29. The van der Waals surface area contributed by atoms with Crippen molar-refractivity contribution in [3.63, 3.8) is 0 Å². The number of rotatable bonds is 6. The summed E-state index contributed by atoms with van der Waals surface area (Å²) in [5.41, 5.74) is 4.03. The Morgan fingerprint density at radius 1 is 1.13 bits per heavy atom. The van der Waals surface area contributed by atoms with Gasteiger partial charge in [0, 0.05) is 25.3 Å². The molecule has 0 spiro atoms. The highest BCUT2D eigenvalue weighted by atomic mass is 16.2. The standard InChI is InChI=1S/C25H28N4O2/c1-3-26-24(31)25(13-14-29(17-25)23(30)22-16-27-28-18(22)2)15-20-11-7-8-12-21(20)19-9-5-4-6-10-19/h4-12,16H,3,13-15,17H2,1-2H3,(H,26,31)(H,27,28). The summed E-state index contributed by atoms with van der Waals surface area (Å²) in [4.78, 5) is 28.1. The van der Waals surface area contributed by atoms with E-state index in [9.17, 15) is 9.59 Å². The first kappa shape index (κ1) is 20.8. The van der Waals surface area contributed by atoms with E-state index in [1.807, 2.05) is 44.2 Å². The third-order valence-electron chi connectivity index (χ3n) is 6.15. The molecule has 0 aliphatic carbocycles. The van der Waals surface area contributed by atoms with E-state index in [0.717, 1.165) is 22.4 Å². The molecule has 1 atom stereocenters. The Bertz CT molecular complexity index is 1080. The molecule has 0 radical (unpaired) electrons. The van der Waals surface area contributed by atoms with Crippen LogP contribution in [0, 0.1) is 12.3 Å². The molecule has 31 heavy (non-hydrogen) atoms. The molecule has 6 heteroatoms. The Morgan fingerprint density at radius 2 is 1.87 bits per heavy atom. The number of aryl methyl sites for hydroxylation is 1. The molecular formula is C25H28N4O2. The maximum absolute atomic E-state index is 13.3. The molecule has 1 fully saturated rings. The van der Waals surface area contributed by atoms with Gasteiger partial charge in [0.25, 0.3) is 5.91 Å². The van der Waals surface area contributed by atoms with Crippen molar-refractivity contribution in [3.05, 3.63) is 77.6 Å². The van der Waals surface area contributed by atoms with Gasteiger partial charge < -0.3 is 10.2 Å². The van der Waals surface area contributed by atoms with E-state index in [4.69, 9.17) is 0 Å². The molecule has 0 bridgehead atoms. The predicted molar refractivity (Wildman–Crippen MR) is 121 cm³/mol. The van der Waals surface area contributed by atoms with E-state index >= 15 is 0 Å². The molecule has 1 aromatic heterocycles. The Labute approximate surface area is 182 Å². The normalized spacial score (nSPS) is 18.2. The van der Waals surface area contributed by atoms with Crippen molar-refractivity contribution in [1.29, 1.82) is 0 Å². The summed E-state index contributed by atoms with van der Waals surface area (Å²) in [7, 11) is 0. The highest BCUT2D eigenvalue weighted by Crippen LogP contribution is 2.38. The highest BCUT2D eigenvalue weighted by Gasteiger charge is 2.46. The summed E-state index contributed by atoms with van der Waals surface area (Å²) < 4.78 is 0. The lowest BCUT2D eigenvalue weighted by molar-refractivity contribution is -0.130. The van der Waals surface area contributed by atoms with E-state index in [2.05, 4.69) is 39.8 Å². The lowest BCUT2D eigenvalue weighted by atomic mass is 9.78. The monoisotopic (exact) mass is 416 g/mol. The Morgan fingerprint density at radius 3 is 2.58 bits per heavy atom. The predicted octanol–water partition coefficient (Wildman–Crippen LogP) is 3.60. The Kier molecular flexibility index (Phi) is 5.89. The van der Waals surface area contributed by atoms with Crippen LogP contribution in [0.15, 0.2) is 60.8 Å². The van der Waals surface area contributed by atoms with Crippen LogP contribution in [-0.4, -0.2) is 46.5 Å². The summed E-state index contributed by atoms with van der Waals surface area (Å²) >= 11 is 0. The molecule has 160 valence electrons. The molecule has 2 N–H and O–H groups in total. The first-order valence-electron chi connectivity index (χ1n) is 10.7. The zero-order chi connectivity index (χ0) is 21.8. The quantitative estimate of drug-likeness (QED) is 0.645. The Hall–Kier alpha value is -3.41. The van der Waals surface area contributed by atoms with Gasteiger partial charge in [0.05, 0.1) is 17.2 Å². The Balaban J connectivity index is 1.66. The summed E-state index contributed by atoms with van der Waals surface area (Å²) in [6, 6.07) is 18.4. The van der Waals surface area contributed by atoms with Gasteiger partial charge in [0.2, 0.25) is 5.91 Å². The average Bonchev–Trinajstić information content (AvgIpc) is 3.42. The molecule has 2 heterocycles. The summed E-state index contributed by atoms with van der Waals surface area (Å²) in [6.07, 6.45) is 2.77. The minimum Gasteiger partial charge on any atom is -0.356 e. The summed E-state index contributed by atoms with van der Waals surface area (Å²) in [5.74, 6) is -0.0640. The molecule has 4 rings (SSSR count). The van der Waals surface area contributed by atoms with Crippen molar-refractivity contribution >= 4 is 11.8 Å². The number of aromatic nitrogens is 2. The molecule has 2 aromatic carbocycles. The molecule has 1 unspecified atom stereocenters. The molecule has 2 amide bonds. The van der Waals surface area contributed by atoms with Crippen molar-refractivity contribution in [2.24, 2.45) is 5.41 Å². The van der Waals surface area contributed by atoms with Crippen LogP contribution in [0.4, 0.5) is 0 Å². The van der Waals surface area contributed by atoms with E-state index in [0.29, 0.717) is 38.0 Å². The van der Waals surface area contributed by atoms with Crippen molar-refractivity contribution < 1.29 is 9.59 Å². The van der Waals surface area contributed by atoms with Gasteiger partial charge in [-0.25, -0.2) is 0 Å². The third kappa shape index (κ3) is 4.10. The number of nitrogens with one attached hydrogen (secondary N) is 2. The highest BCUT2D eigenvalue weighted by molar-refractivity contribution is 5.96. The van der Waals surface area contributed by atoms with Crippen LogP contribution in [0.1, 0.15) is 35.0 Å². The van der Waals surface area contributed by atoms with Crippen molar-refractivity contribution in [3.8, 4) is 11.1 Å². The molecule has 0 saturated carbocycles. The first-order chi connectivity index (χ1) is 15.0. The van der Waals surface area contributed by atoms with Crippen molar-refractivity contribution in [1.82, 2.24) is 20.4 Å². The zero-order valence-corrected chi connectivity index (χ0v) is 18.0. The first-order valence-corrected chi connectivity index (χ1v) is 10.7. The van der Waals surface area contributed by atoms with Gasteiger partial charge in [0.15, 0.2) is 0 Å². The van der Waals surface area contributed by atoms with Crippen LogP contribution in [-0.2, 0) is 11.2 Å². The van der Waals surface area contributed by atoms with Crippen LogP contribution in [0.5, 0.6) is 0 Å². The van der Waals surface area contributed by atoms with Gasteiger partial charge in [-0.15, -0.1) is 0 Å². The number of hydrogen-bond acceptors (Lipinski definition) is 3. The minimum absolute atomic E-state index is 0.0112. The minimum atomic E-state index is -0.659. The molecular weight excluding hydrogens is 388 g/mol. The molecule has 3 aromatic rings. The molecule has 1 aliphatic rings. The van der Waals surface area contributed by atoms with Crippen LogP contribution in [0.25, 0.3) is 11.1 Å². The van der Waals surface area contributed by atoms with Gasteiger partial charge in [-0.05, 0) is 43.4 Å². The van der Waals surface area contributed by atoms with Gasteiger partial charge in [-0.3, -0.25) is 14.7 Å². The number of H-pyrrole nitrogens is 1. The SMILES string of the molecule is CCNC(=O)C1(Cc2ccccc2-c2ccccc2)CCN(C(=O)c2cn[nH]c2C)C1. The zero-order valence-electron chi connectivity index (χ0n) is 18.0. The van der Waals surface area contributed by atoms with E-state index in [1.54, 1.807) is 11.1 Å². The second-order valence-electron chi connectivity index (χ2n) is 8.23. The number of carbonyl (C=O) groups is 2. The number of benzene rings is 2. The van der Waals surface area contributed by atoms with E-state index < -0.39 is 5.41 Å². The maximum Gasteiger partial charge on any atom is 0.257 e. The van der Waals surface area contributed by atoms with Gasteiger partial charge in [-0.2, -0.15) is 5.10 Å². The molecule has 1 saturated heterocycles. The van der Waals surface area contributed by atoms with E-state index in [1.165, 1.54) is 0 Å². The van der Waals surface area contributed by atoms with E-state index in [-0.39, 0.29) is 11.8 Å².